The molecule has 2 N–H and O–H groups in total. The molecule has 3 rings (SSSR count). The van der Waals surface area contributed by atoms with Crippen molar-refractivity contribution in [3.8, 4) is 0 Å². The van der Waals surface area contributed by atoms with E-state index in [1.807, 2.05) is 16.5 Å². The number of carbonyl (C=O) groups is 3. The van der Waals surface area contributed by atoms with Crippen LogP contribution in [0.4, 0.5) is 0 Å². The van der Waals surface area contributed by atoms with Gasteiger partial charge in [-0.2, -0.15) is 5.10 Å². The number of amides is 3. The molecule has 3 heterocycles. The molecule has 0 radical (unpaired) electrons. The standard InChI is InChI=1S/C24H41N7O3/c1-16(2)15-20-22-26-18(4)28-31(22)14-13-30(24(34)19-8-10-25-11-9-19)12-6-7-21(32)29(5)17(3)23(33)27-20/h16-17,19-20,25H,6-15H2,1-5H3,(H,27,33)/t17-,20+/m0/s1. The lowest BCUT2D eigenvalue weighted by Crippen LogP contribution is -2.48. The summed E-state index contributed by atoms with van der Waals surface area (Å²) < 4.78 is 1.84. The van der Waals surface area contributed by atoms with E-state index in [-0.39, 0.29) is 29.7 Å². The fourth-order valence-corrected chi connectivity index (χ4v) is 4.75. The molecule has 0 spiro atoms. The van der Waals surface area contributed by atoms with Gasteiger partial charge >= 0.3 is 0 Å². The lowest BCUT2D eigenvalue weighted by Gasteiger charge is -2.31. The summed E-state index contributed by atoms with van der Waals surface area (Å²) in [5.74, 6) is 1.55. The average molecular weight is 476 g/mol. The maximum atomic E-state index is 13.4. The first kappa shape index (κ1) is 26.1. The van der Waals surface area contributed by atoms with Crippen LogP contribution in [0.25, 0.3) is 0 Å². The molecule has 1 saturated heterocycles. The number of fused-ring (bicyclic) bond motifs is 1. The van der Waals surface area contributed by atoms with Gasteiger partial charge in [0, 0.05) is 32.5 Å². The van der Waals surface area contributed by atoms with Crippen LogP contribution >= 0.6 is 0 Å². The number of aromatic nitrogens is 3. The molecule has 1 aromatic heterocycles. The van der Waals surface area contributed by atoms with Gasteiger partial charge in [0.1, 0.15) is 17.7 Å². The number of nitrogens with zero attached hydrogens (tertiary/aromatic N) is 5. The maximum Gasteiger partial charge on any atom is 0.243 e. The largest absolute Gasteiger partial charge is 0.344 e. The second-order valence-corrected chi connectivity index (χ2v) is 10.1. The van der Waals surface area contributed by atoms with E-state index in [1.54, 1.807) is 14.0 Å². The summed E-state index contributed by atoms with van der Waals surface area (Å²) in [5, 5.41) is 11.0. The highest BCUT2D eigenvalue weighted by Gasteiger charge is 2.30. The number of hydrogen-bond acceptors (Lipinski definition) is 6. The predicted octanol–water partition coefficient (Wildman–Crippen LogP) is 1.26. The maximum absolute atomic E-state index is 13.4. The Balaban J connectivity index is 1.90. The van der Waals surface area contributed by atoms with E-state index in [0.717, 1.165) is 25.9 Å². The Bertz CT molecular complexity index is 863. The van der Waals surface area contributed by atoms with Gasteiger partial charge in [0.2, 0.25) is 17.7 Å². The van der Waals surface area contributed by atoms with E-state index in [4.69, 9.17) is 0 Å². The number of likely N-dealkylation sites (N-methyl/N-ethyl adjacent to an activating group) is 1. The van der Waals surface area contributed by atoms with Gasteiger partial charge in [-0.05, 0) is 58.5 Å². The molecule has 0 aliphatic carbocycles. The second-order valence-electron chi connectivity index (χ2n) is 10.1. The van der Waals surface area contributed by atoms with Gasteiger partial charge < -0.3 is 20.4 Å². The molecule has 0 saturated carbocycles. The van der Waals surface area contributed by atoms with E-state index in [1.165, 1.54) is 4.90 Å². The topological polar surface area (TPSA) is 112 Å². The third-order valence-electron chi connectivity index (χ3n) is 6.90. The molecular weight excluding hydrogens is 434 g/mol. The third kappa shape index (κ3) is 6.55. The van der Waals surface area contributed by atoms with E-state index in [2.05, 4.69) is 34.6 Å². The first-order valence-electron chi connectivity index (χ1n) is 12.6. The molecule has 0 unspecified atom stereocenters. The van der Waals surface area contributed by atoms with Crippen molar-refractivity contribution in [2.75, 3.05) is 33.2 Å². The molecule has 1 aromatic rings. The van der Waals surface area contributed by atoms with Gasteiger partial charge in [-0.3, -0.25) is 14.4 Å². The predicted molar refractivity (Wildman–Crippen MR) is 129 cm³/mol. The number of piperidine rings is 1. The summed E-state index contributed by atoms with van der Waals surface area (Å²) in [6.45, 7) is 11.0. The van der Waals surface area contributed by atoms with Gasteiger partial charge in [-0.25, -0.2) is 9.67 Å². The smallest absolute Gasteiger partial charge is 0.243 e. The molecule has 3 amide bonds. The fourth-order valence-electron chi connectivity index (χ4n) is 4.75. The first-order valence-corrected chi connectivity index (χ1v) is 12.6. The Morgan fingerprint density at radius 1 is 1.15 bits per heavy atom. The van der Waals surface area contributed by atoms with E-state index in [9.17, 15) is 14.4 Å². The summed E-state index contributed by atoms with van der Waals surface area (Å²) >= 11 is 0. The molecule has 34 heavy (non-hydrogen) atoms. The van der Waals surface area contributed by atoms with Crippen LogP contribution in [-0.4, -0.2) is 81.6 Å². The van der Waals surface area contributed by atoms with Gasteiger partial charge in [0.15, 0.2) is 0 Å². The Labute approximate surface area is 202 Å². The average Bonchev–Trinajstić information content (AvgIpc) is 3.19. The third-order valence-corrected chi connectivity index (χ3v) is 6.90. The van der Waals surface area contributed by atoms with Crippen molar-refractivity contribution in [3.05, 3.63) is 11.6 Å². The van der Waals surface area contributed by atoms with Crippen LogP contribution in [0.5, 0.6) is 0 Å². The lowest BCUT2D eigenvalue weighted by molar-refractivity contribution is -0.140. The van der Waals surface area contributed by atoms with Gasteiger partial charge in [0.25, 0.3) is 0 Å². The van der Waals surface area contributed by atoms with E-state index >= 15 is 0 Å². The van der Waals surface area contributed by atoms with Crippen molar-refractivity contribution in [1.29, 1.82) is 0 Å². The molecule has 2 aliphatic heterocycles. The van der Waals surface area contributed by atoms with Crippen LogP contribution < -0.4 is 10.6 Å². The van der Waals surface area contributed by atoms with Crippen molar-refractivity contribution in [1.82, 2.24) is 35.2 Å². The SMILES string of the molecule is Cc1nc2n(n1)CCN(C(=O)C1CCNCC1)CCCC(=O)N(C)[C@@H](C)C(=O)N[C@@H]2CC(C)C. The zero-order valence-corrected chi connectivity index (χ0v) is 21.3. The molecule has 1 fully saturated rings. The van der Waals surface area contributed by atoms with Crippen molar-refractivity contribution in [2.45, 2.75) is 78.4 Å². The van der Waals surface area contributed by atoms with Crippen LogP contribution in [0.2, 0.25) is 0 Å². The molecule has 10 nitrogen and oxygen atoms in total. The zero-order chi connectivity index (χ0) is 24.8. The minimum atomic E-state index is -0.602. The number of nitrogens with one attached hydrogen (secondary N) is 2. The molecule has 2 atom stereocenters. The number of aryl methyl sites for hydroxylation is 1. The number of carbonyl (C=O) groups excluding carboxylic acids is 3. The molecule has 190 valence electrons. The van der Waals surface area contributed by atoms with Crippen molar-refractivity contribution in [2.24, 2.45) is 11.8 Å². The van der Waals surface area contributed by atoms with Crippen LogP contribution in [0.15, 0.2) is 0 Å². The zero-order valence-electron chi connectivity index (χ0n) is 21.3. The van der Waals surface area contributed by atoms with Crippen LogP contribution in [0.3, 0.4) is 0 Å². The van der Waals surface area contributed by atoms with Crippen LogP contribution in [0, 0.1) is 18.8 Å². The molecule has 0 aromatic carbocycles. The van der Waals surface area contributed by atoms with E-state index < -0.39 is 6.04 Å². The van der Waals surface area contributed by atoms with Crippen molar-refractivity contribution in [3.63, 3.8) is 0 Å². The second kappa shape index (κ2) is 11.8. The van der Waals surface area contributed by atoms with Crippen LogP contribution in [-0.2, 0) is 20.9 Å². The van der Waals surface area contributed by atoms with Crippen molar-refractivity contribution >= 4 is 17.7 Å². The van der Waals surface area contributed by atoms with E-state index in [0.29, 0.717) is 56.5 Å². The summed E-state index contributed by atoms with van der Waals surface area (Å²) in [6, 6.07) is -0.925. The van der Waals surface area contributed by atoms with Gasteiger partial charge in [-0.1, -0.05) is 13.8 Å². The quantitative estimate of drug-likeness (QED) is 0.681. The van der Waals surface area contributed by atoms with Gasteiger partial charge in [0.05, 0.1) is 12.6 Å². The molecule has 10 heteroatoms. The number of rotatable bonds is 3. The highest BCUT2D eigenvalue weighted by atomic mass is 16.2. The fraction of sp³-hybridized carbons (Fsp3) is 0.792. The summed E-state index contributed by atoms with van der Waals surface area (Å²) in [7, 11) is 1.67. The molecule has 0 bridgehead atoms. The Kier molecular flexibility index (Phi) is 9.04. The lowest BCUT2D eigenvalue weighted by atomic mass is 9.96. The molecule has 2 aliphatic rings. The Morgan fingerprint density at radius 2 is 1.85 bits per heavy atom. The summed E-state index contributed by atoms with van der Waals surface area (Å²) in [5.41, 5.74) is 0. The minimum absolute atomic E-state index is 0.0171. The normalized spacial score (nSPS) is 24.1. The highest BCUT2D eigenvalue weighted by molar-refractivity contribution is 5.87. The minimum Gasteiger partial charge on any atom is -0.344 e. The summed E-state index contributed by atoms with van der Waals surface area (Å²) in [6.07, 6.45) is 3.24. The van der Waals surface area contributed by atoms with Gasteiger partial charge in [-0.15, -0.1) is 0 Å². The van der Waals surface area contributed by atoms with Crippen molar-refractivity contribution < 1.29 is 14.4 Å². The summed E-state index contributed by atoms with van der Waals surface area (Å²) in [4.78, 5) is 47.2. The number of hydrogen-bond donors (Lipinski definition) is 2. The highest BCUT2D eigenvalue weighted by Crippen LogP contribution is 2.22. The monoisotopic (exact) mass is 475 g/mol. The van der Waals surface area contributed by atoms with Crippen LogP contribution in [0.1, 0.15) is 70.6 Å². The Hall–Kier alpha value is -2.49. The molecular formula is C24H41N7O3. The Morgan fingerprint density at radius 3 is 2.53 bits per heavy atom. The first-order chi connectivity index (χ1) is 16.2.